The van der Waals surface area contributed by atoms with Crippen LogP contribution in [0.3, 0.4) is 0 Å². The van der Waals surface area contributed by atoms with Gasteiger partial charge in [0.25, 0.3) is 0 Å². The summed E-state index contributed by atoms with van der Waals surface area (Å²) in [6, 6.07) is 15.9. The third-order valence-electron chi connectivity index (χ3n) is 7.59. The molecule has 8 nitrogen and oxygen atoms in total. The first-order valence-electron chi connectivity index (χ1n) is 14.3. The van der Waals surface area contributed by atoms with Crippen LogP contribution in [0.25, 0.3) is 11.1 Å². The molecule has 0 bridgehead atoms. The van der Waals surface area contributed by atoms with E-state index in [0.29, 0.717) is 61.6 Å². The molecule has 3 aromatic rings. The highest BCUT2D eigenvalue weighted by Gasteiger charge is 2.19. The van der Waals surface area contributed by atoms with Crippen LogP contribution in [0.4, 0.5) is 0 Å². The van der Waals surface area contributed by atoms with Gasteiger partial charge in [-0.05, 0) is 66.8 Å². The summed E-state index contributed by atoms with van der Waals surface area (Å²) in [4.78, 5) is 0. The maximum atomic E-state index is 9.47. The molecule has 224 valence electrons. The number of hydrogen-bond donors (Lipinski definition) is 3. The number of nitrogens with zero attached hydrogens (tertiary/aromatic N) is 1. The Bertz CT molecular complexity index is 1590. The number of nitriles is 1. The smallest absolute Gasteiger partial charge is 0.164 e. The normalized spacial score (nSPS) is 14.6. The average molecular weight is 602 g/mol. The van der Waals surface area contributed by atoms with Crippen molar-refractivity contribution >= 4 is 11.6 Å². The number of fused-ring (bicyclic) bond motifs is 1. The highest BCUT2D eigenvalue weighted by molar-refractivity contribution is 6.32. The van der Waals surface area contributed by atoms with E-state index in [1.54, 1.807) is 6.20 Å². The van der Waals surface area contributed by atoms with Gasteiger partial charge in [0.2, 0.25) is 0 Å². The number of nitrogens with one attached hydrogen (secondary N) is 2. The molecule has 2 aliphatic heterocycles. The quantitative estimate of drug-likeness (QED) is 0.255. The lowest BCUT2D eigenvalue weighted by molar-refractivity contribution is 0.170. The van der Waals surface area contributed by atoms with Crippen molar-refractivity contribution in [3.63, 3.8) is 0 Å². The van der Waals surface area contributed by atoms with Crippen LogP contribution in [0.5, 0.6) is 23.0 Å². The Morgan fingerprint density at radius 3 is 2.63 bits per heavy atom. The van der Waals surface area contributed by atoms with Gasteiger partial charge in [-0.1, -0.05) is 35.9 Å². The van der Waals surface area contributed by atoms with Gasteiger partial charge in [0.1, 0.15) is 44.0 Å². The zero-order valence-corrected chi connectivity index (χ0v) is 25.4. The fourth-order valence-corrected chi connectivity index (χ4v) is 5.32. The van der Waals surface area contributed by atoms with Gasteiger partial charge in [0, 0.05) is 42.5 Å². The van der Waals surface area contributed by atoms with E-state index in [1.807, 2.05) is 37.3 Å². The molecule has 43 heavy (non-hydrogen) atoms. The van der Waals surface area contributed by atoms with E-state index in [1.165, 1.54) is 0 Å². The Kier molecular flexibility index (Phi) is 9.78. The standard InChI is InChI=1S/C34H36ClN3O5/c1-21(18-39)38-17-27-12-30(35)33(13-32(27)42-19-25-11-24(14-36)15-37-16-25)43-20-26-5-4-6-28(22(26)2)29-7-8-31-34(23(29)3)41-10-9-40-31/h4-8,11-13,15,21,37-39H,9-10,16-20H2,1-3H3/t21-/m0/s1. The van der Waals surface area contributed by atoms with Gasteiger partial charge in [-0.3, -0.25) is 0 Å². The molecule has 0 unspecified atom stereocenters. The van der Waals surface area contributed by atoms with Crippen LogP contribution in [-0.4, -0.2) is 44.1 Å². The number of ether oxygens (including phenoxy) is 4. The molecular formula is C34H36ClN3O5. The van der Waals surface area contributed by atoms with Crippen LogP contribution in [0.1, 0.15) is 29.2 Å². The van der Waals surface area contributed by atoms with Gasteiger partial charge < -0.3 is 34.7 Å². The Hall–Kier alpha value is -4.16. The summed E-state index contributed by atoms with van der Waals surface area (Å²) in [5.41, 5.74) is 7.70. The maximum Gasteiger partial charge on any atom is 0.164 e. The molecule has 0 fully saturated rings. The van der Waals surface area contributed by atoms with E-state index in [9.17, 15) is 10.4 Å². The minimum Gasteiger partial charge on any atom is -0.489 e. The molecule has 1 atom stereocenters. The van der Waals surface area contributed by atoms with Gasteiger partial charge in [-0.25, -0.2) is 0 Å². The third kappa shape index (κ3) is 7.08. The van der Waals surface area contributed by atoms with Gasteiger partial charge in [-0.2, -0.15) is 5.26 Å². The molecule has 0 aromatic heterocycles. The zero-order valence-electron chi connectivity index (χ0n) is 24.6. The second-order valence-electron chi connectivity index (χ2n) is 10.7. The molecule has 0 saturated carbocycles. The number of aliphatic hydroxyl groups is 1. The summed E-state index contributed by atoms with van der Waals surface area (Å²) in [6.07, 6.45) is 3.52. The van der Waals surface area contributed by atoms with Crippen molar-refractivity contribution in [2.75, 3.05) is 33.0 Å². The van der Waals surface area contributed by atoms with Crippen molar-refractivity contribution in [2.24, 2.45) is 0 Å². The second-order valence-corrected chi connectivity index (χ2v) is 11.1. The summed E-state index contributed by atoms with van der Waals surface area (Å²) in [5, 5.41) is 25.6. The van der Waals surface area contributed by atoms with Crippen molar-refractivity contribution < 1.29 is 24.1 Å². The molecular weight excluding hydrogens is 566 g/mol. The fraction of sp³-hybridized carbons (Fsp3) is 0.324. The maximum absolute atomic E-state index is 9.47. The van der Waals surface area contributed by atoms with Crippen molar-refractivity contribution in [1.82, 2.24) is 10.6 Å². The van der Waals surface area contributed by atoms with Gasteiger partial charge in [0.15, 0.2) is 11.5 Å². The molecule has 0 aliphatic carbocycles. The van der Waals surface area contributed by atoms with Crippen LogP contribution in [0.15, 0.2) is 65.9 Å². The summed E-state index contributed by atoms with van der Waals surface area (Å²) in [6.45, 7) is 8.81. The van der Waals surface area contributed by atoms with E-state index < -0.39 is 0 Å². The van der Waals surface area contributed by atoms with E-state index >= 15 is 0 Å². The van der Waals surface area contributed by atoms with E-state index in [2.05, 4.69) is 48.7 Å². The lowest BCUT2D eigenvalue weighted by Gasteiger charge is -2.23. The predicted octanol–water partition coefficient (Wildman–Crippen LogP) is 5.76. The number of benzene rings is 3. The molecule has 0 radical (unpaired) electrons. The summed E-state index contributed by atoms with van der Waals surface area (Å²) >= 11 is 6.71. The molecule has 0 saturated heterocycles. The Morgan fingerprint density at radius 2 is 1.81 bits per heavy atom. The Labute approximate surface area is 257 Å². The monoisotopic (exact) mass is 601 g/mol. The molecule has 0 spiro atoms. The Balaban J connectivity index is 1.37. The largest absolute Gasteiger partial charge is 0.489 e. The van der Waals surface area contributed by atoms with E-state index in [4.69, 9.17) is 30.5 Å². The van der Waals surface area contributed by atoms with Crippen LogP contribution in [0.2, 0.25) is 5.02 Å². The summed E-state index contributed by atoms with van der Waals surface area (Å²) < 4.78 is 24.2. The Morgan fingerprint density at radius 1 is 1.02 bits per heavy atom. The summed E-state index contributed by atoms with van der Waals surface area (Å²) in [5.74, 6) is 2.69. The van der Waals surface area contributed by atoms with Crippen molar-refractivity contribution in [3.05, 3.63) is 93.2 Å². The van der Waals surface area contributed by atoms with Crippen molar-refractivity contribution in [3.8, 4) is 40.2 Å². The first kappa shape index (κ1) is 30.3. The van der Waals surface area contributed by atoms with Crippen LogP contribution < -0.4 is 29.6 Å². The fourth-order valence-electron chi connectivity index (χ4n) is 5.07. The molecule has 5 rings (SSSR count). The lowest BCUT2D eigenvalue weighted by Crippen LogP contribution is -2.29. The topological polar surface area (TPSA) is 105 Å². The lowest BCUT2D eigenvalue weighted by atomic mass is 9.93. The number of allylic oxidation sites excluding steroid dienone is 2. The number of hydrogen-bond acceptors (Lipinski definition) is 8. The molecule has 0 amide bonds. The first-order chi connectivity index (χ1) is 20.9. The van der Waals surface area contributed by atoms with Gasteiger partial charge in [0.05, 0.1) is 17.2 Å². The summed E-state index contributed by atoms with van der Waals surface area (Å²) in [7, 11) is 0. The molecule has 9 heteroatoms. The first-order valence-corrected chi connectivity index (χ1v) is 14.7. The SMILES string of the molecule is Cc1c(COc2cc(OCC3=CC(C#N)=CNC3)c(CN[C@@H](C)CO)cc2Cl)cccc1-c1ccc2c(c1C)OCCO2. The van der Waals surface area contributed by atoms with Crippen LogP contribution in [-0.2, 0) is 13.2 Å². The second kappa shape index (κ2) is 13.9. The number of dihydropyridines is 1. The van der Waals surface area contributed by atoms with E-state index in [0.717, 1.165) is 50.5 Å². The minimum absolute atomic E-state index is 0.0111. The van der Waals surface area contributed by atoms with Crippen LogP contribution in [0, 0.1) is 25.2 Å². The number of rotatable bonds is 11. The molecule has 3 aromatic carbocycles. The average Bonchev–Trinajstić information content (AvgIpc) is 3.03. The van der Waals surface area contributed by atoms with Crippen LogP contribution >= 0.6 is 11.6 Å². The predicted molar refractivity (Wildman–Crippen MR) is 167 cm³/mol. The highest BCUT2D eigenvalue weighted by atomic mass is 35.5. The molecule has 2 heterocycles. The minimum atomic E-state index is -0.0933. The van der Waals surface area contributed by atoms with Crippen molar-refractivity contribution in [1.29, 1.82) is 5.26 Å². The number of aliphatic hydroxyl groups excluding tert-OH is 1. The molecule has 3 N–H and O–H groups in total. The van der Waals surface area contributed by atoms with Crippen molar-refractivity contribution in [2.45, 2.75) is 40.0 Å². The van der Waals surface area contributed by atoms with Gasteiger partial charge >= 0.3 is 0 Å². The molecule has 2 aliphatic rings. The number of halogens is 1. The zero-order chi connectivity index (χ0) is 30.3. The highest BCUT2D eigenvalue weighted by Crippen LogP contribution is 2.41. The third-order valence-corrected chi connectivity index (χ3v) is 7.89. The van der Waals surface area contributed by atoms with E-state index in [-0.39, 0.29) is 12.6 Å². The van der Waals surface area contributed by atoms with Gasteiger partial charge in [-0.15, -0.1) is 0 Å².